The molecule has 0 bridgehead atoms. The molecule has 0 N–H and O–H groups in total. The molecule has 2 aliphatic rings. The number of halogens is 3. The molecule has 7 heteroatoms. The predicted molar refractivity (Wildman–Crippen MR) is 114 cm³/mol. The molecule has 2 aromatic carbocycles. The highest BCUT2D eigenvalue weighted by atomic mass is 35.5. The number of hydrogen-bond acceptors (Lipinski definition) is 3. The second kappa shape index (κ2) is 9.00. The molecule has 0 aliphatic carbocycles. The van der Waals surface area contributed by atoms with Crippen LogP contribution in [-0.4, -0.2) is 72.1 Å². The van der Waals surface area contributed by atoms with E-state index in [4.69, 9.17) is 23.2 Å². The van der Waals surface area contributed by atoms with Crippen molar-refractivity contribution >= 4 is 29.1 Å². The van der Waals surface area contributed by atoms with Gasteiger partial charge in [0.25, 0.3) is 5.91 Å². The number of piperazine rings is 1. The normalized spacial score (nSPS) is 23.5. The molecule has 4 rings (SSSR count). The molecule has 2 saturated heterocycles. The van der Waals surface area contributed by atoms with E-state index in [-0.39, 0.29) is 18.5 Å². The second-order valence-electron chi connectivity index (χ2n) is 7.74. The SMILES string of the molecule is O=C(c1ccc(Cl)cc1)N1CC(F)[C@H](N2CCN(Cc3ccc(Cl)cc3)CC2)C1. The van der Waals surface area contributed by atoms with Crippen LogP contribution in [0.5, 0.6) is 0 Å². The molecule has 29 heavy (non-hydrogen) atoms. The van der Waals surface area contributed by atoms with E-state index in [1.54, 1.807) is 29.2 Å². The molecule has 2 aromatic rings. The zero-order chi connectivity index (χ0) is 20.4. The first-order valence-electron chi connectivity index (χ1n) is 9.89. The van der Waals surface area contributed by atoms with Gasteiger partial charge >= 0.3 is 0 Å². The molecule has 0 spiro atoms. The van der Waals surface area contributed by atoms with E-state index in [0.717, 1.165) is 37.7 Å². The van der Waals surface area contributed by atoms with E-state index < -0.39 is 6.17 Å². The van der Waals surface area contributed by atoms with Crippen LogP contribution in [0.25, 0.3) is 0 Å². The number of carbonyl (C=O) groups is 1. The molecular weight excluding hydrogens is 412 g/mol. The minimum absolute atomic E-state index is 0.131. The van der Waals surface area contributed by atoms with Gasteiger partial charge in [0, 0.05) is 54.9 Å². The van der Waals surface area contributed by atoms with Crippen molar-refractivity contribution in [3.63, 3.8) is 0 Å². The third kappa shape index (κ3) is 4.92. The molecule has 2 heterocycles. The number of rotatable bonds is 4. The zero-order valence-electron chi connectivity index (χ0n) is 16.1. The summed E-state index contributed by atoms with van der Waals surface area (Å²) in [5.41, 5.74) is 1.78. The van der Waals surface area contributed by atoms with Crippen molar-refractivity contribution in [2.24, 2.45) is 0 Å². The summed E-state index contributed by atoms with van der Waals surface area (Å²) in [7, 11) is 0. The Morgan fingerprint density at radius 1 is 0.897 bits per heavy atom. The van der Waals surface area contributed by atoms with E-state index in [9.17, 15) is 9.18 Å². The molecule has 2 atom stereocenters. The fraction of sp³-hybridized carbons (Fsp3) is 0.409. The Morgan fingerprint density at radius 3 is 2.10 bits per heavy atom. The first-order chi connectivity index (χ1) is 14.0. The van der Waals surface area contributed by atoms with Crippen molar-refractivity contribution in [3.05, 3.63) is 69.7 Å². The average Bonchev–Trinajstić information content (AvgIpc) is 3.12. The van der Waals surface area contributed by atoms with E-state index in [1.165, 1.54) is 5.56 Å². The van der Waals surface area contributed by atoms with Crippen LogP contribution >= 0.6 is 23.2 Å². The highest BCUT2D eigenvalue weighted by Crippen LogP contribution is 2.23. The maximum atomic E-state index is 14.8. The molecule has 4 nitrogen and oxygen atoms in total. The highest BCUT2D eigenvalue weighted by molar-refractivity contribution is 6.30. The van der Waals surface area contributed by atoms with Gasteiger partial charge in [-0.1, -0.05) is 35.3 Å². The van der Waals surface area contributed by atoms with Gasteiger partial charge in [0.2, 0.25) is 0 Å². The standard InChI is InChI=1S/C22H24Cl2FN3O/c23-18-5-1-16(2-6-18)13-26-9-11-27(12-10-26)21-15-28(14-20(21)25)22(29)17-3-7-19(24)8-4-17/h1-8,20-21H,9-15H2/t20?,21-/m1/s1. The third-order valence-electron chi connectivity index (χ3n) is 5.79. The number of benzene rings is 2. The van der Waals surface area contributed by atoms with Gasteiger partial charge in [-0.3, -0.25) is 14.6 Å². The number of amides is 1. The van der Waals surface area contributed by atoms with Gasteiger partial charge in [-0.15, -0.1) is 0 Å². The number of alkyl halides is 1. The maximum Gasteiger partial charge on any atom is 0.254 e. The first-order valence-corrected chi connectivity index (χ1v) is 10.6. The van der Waals surface area contributed by atoms with Crippen LogP contribution in [0.15, 0.2) is 48.5 Å². The minimum Gasteiger partial charge on any atom is -0.334 e. The number of nitrogens with zero attached hydrogens (tertiary/aromatic N) is 3. The highest BCUT2D eigenvalue weighted by Gasteiger charge is 2.40. The van der Waals surface area contributed by atoms with Gasteiger partial charge in [-0.05, 0) is 42.0 Å². The quantitative estimate of drug-likeness (QED) is 0.726. The summed E-state index contributed by atoms with van der Waals surface area (Å²) in [4.78, 5) is 18.9. The summed E-state index contributed by atoms with van der Waals surface area (Å²) in [5.74, 6) is -0.131. The Morgan fingerprint density at radius 2 is 1.48 bits per heavy atom. The Balaban J connectivity index is 1.31. The summed E-state index contributed by atoms with van der Waals surface area (Å²) in [6, 6.07) is 14.4. The van der Waals surface area contributed by atoms with Gasteiger partial charge < -0.3 is 4.90 Å². The molecule has 2 fully saturated rings. The number of carbonyl (C=O) groups excluding carboxylic acids is 1. The van der Waals surface area contributed by atoms with Crippen LogP contribution in [0.1, 0.15) is 15.9 Å². The summed E-state index contributed by atoms with van der Waals surface area (Å²) in [5, 5.41) is 1.33. The molecular formula is C22H24Cl2FN3O. The lowest BCUT2D eigenvalue weighted by atomic mass is 10.1. The van der Waals surface area contributed by atoms with Crippen LogP contribution < -0.4 is 0 Å². The van der Waals surface area contributed by atoms with Crippen molar-refractivity contribution in [2.45, 2.75) is 18.8 Å². The van der Waals surface area contributed by atoms with E-state index >= 15 is 0 Å². The molecule has 2 aliphatic heterocycles. The van der Waals surface area contributed by atoms with Crippen LogP contribution in [0.2, 0.25) is 10.0 Å². The predicted octanol–water partition coefficient (Wildman–Crippen LogP) is 3.97. The zero-order valence-corrected chi connectivity index (χ0v) is 17.6. The molecule has 154 valence electrons. The number of likely N-dealkylation sites (tertiary alicyclic amines) is 1. The third-order valence-corrected chi connectivity index (χ3v) is 6.30. The van der Waals surface area contributed by atoms with Crippen LogP contribution in [-0.2, 0) is 6.54 Å². The molecule has 0 aromatic heterocycles. The lowest BCUT2D eigenvalue weighted by molar-refractivity contribution is 0.0676. The molecule has 1 amide bonds. The van der Waals surface area contributed by atoms with Crippen molar-refractivity contribution in [3.8, 4) is 0 Å². The monoisotopic (exact) mass is 435 g/mol. The Labute approximate surface area is 180 Å². The lowest BCUT2D eigenvalue weighted by Gasteiger charge is -2.38. The molecule has 0 radical (unpaired) electrons. The second-order valence-corrected chi connectivity index (χ2v) is 8.61. The van der Waals surface area contributed by atoms with Crippen molar-refractivity contribution in [1.82, 2.24) is 14.7 Å². The topological polar surface area (TPSA) is 26.8 Å². The van der Waals surface area contributed by atoms with Crippen molar-refractivity contribution < 1.29 is 9.18 Å². The van der Waals surface area contributed by atoms with Crippen molar-refractivity contribution in [2.75, 3.05) is 39.3 Å². The fourth-order valence-corrected chi connectivity index (χ4v) is 4.39. The number of hydrogen-bond donors (Lipinski definition) is 0. The van der Waals surface area contributed by atoms with Gasteiger partial charge in [-0.25, -0.2) is 4.39 Å². The van der Waals surface area contributed by atoms with E-state index in [2.05, 4.69) is 9.80 Å². The van der Waals surface area contributed by atoms with Crippen LogP contribution in [0, 0.1) is 0 Å². The smallest absolute Gasteiger partial charge is 0.254 e. The summed E-state index contributed by atoms with van der Waals surface area (Å²) in [6.07, 6.45) is -1.02. The van der Waals surface area contributed by atoms with Crippen LogP contribution in [0.3, 0.4) is 0 Å². The lowest BCUT2D eigenvalue weighted by Crippen LogP contribution is -2.52. The minimum atomic E-state index is -1.02. The van der Waals surface area contributed by atoms with Gasteiger partial charge in [0.15, 0.2) is 0 Å². The Kier molecular flexibility index (Phi) is 6.40. The first kappa shape index (κ1) is 20.6. The van der Waals surface area contributed by atoms with Gasteiger partial charge in [0.1, 0.15) is 6.17 Å². The fourth-order valence-electron chi connectivity index (χ4n) is 4.13. The Bertz CT molecular complexity index is 838. The van der Waals surface area contributed by atoms with Gasteiger partial charge in [-0.2, -0.15) is 0 Å². The summed E-state index contributed by atoms with van der Waals surface area (Å²) in [6.45, 7) is 4.84. The van der Waals surface area contributed by atoms with E-state index in [0.29, 0.717) is 17.1 Å². The summed E-state index contributed by atoms with van der Waals surface area (Å²) < 4.78 is 14.8. The van der Waals surface area contributed by atoms with E-state index in [1.807, 2.05) is 24.3 Å². The molecule has 0 saturated carbocycles. The van der Waals surface area contributed by atoms with Crippen LogP contribution in [0.4, 0.5) is 4.39 Å². The average molecular weight is 436 g/mol. The van der Waals surface area contributed by atoms with Gasteiger partial charge in [0.05, 0.1) is 12.6 Å². The summed E-state index contributed by atoms with van der Waals surface area (Å²) >= 11 is 11.8. The van der Waals surface area contributed by atoms with Crippen molar-refractivity contribution in [1.29, 1.82) is 0 Å². The molecule has 1 unspecified atom stereocenters. The maximum absolute atomic E-state index is 14.8. The Hall–Kier alpha value is -1.66. The largest absolute Gasteiger partial charge is 0.334 e.